The molecule has 0 spiro atoms. The Morgan fingerprint density at radius 3 is 1.75 bits per heavy atom. The van der Waals surface area contributed by atoms with E-state index in [4.69, 9.17) is 27.5 Å². The lowest BCUT2D eigenvalue weighted by Crippen LogP contribution is -2.49. The smallest absolute Gasteiger partial charge is 0.0759 e. The molecule has 0 aliphatic heterocycles. The topological polar surface area (TPSA) is 66.5 Å². The van der Waals surface area contributed by atoms with E-state index < -0.39 is 5.54 Å². The zero-order valence-corrected chi connectivity index (χ0v) is 5.23. The minimum absolute atomic E-state index is 0.0694. The maximum absolute atomic E-state index is 8.42. The number of nitrogens with two attached hydrogens (primary N) is 1. The highest BCUT2D eigenvalue weighted by molar-refractivity contribution is 6.18. The van der Waals surface area contributed by atoms with Gasteiger partial charge in [-0.25, -0.2) is 0 Å². The Kier molecular flexibility index (Phi) is 3.31. The molecular formula is C4H10ClNO2. The average molecular weight is 140 g/mol. The van der Waals surface area contributed by atoms with Gasteiger partial charge in [-0.1, -0.05) is 0 Å². The Bertz CT molecular complexity index is 56.8. The van der Waals surface area contributed by atoms with Crippen molar-refractivity contribution in [3.63, 3.8) is 0 Å². The summed E-state index contributed by atoms with van der Waals surface area (Å²) in [6.07, 6.45) is 0. The molecule has 8 heavy (non-hydrogen) atoms. The fraction of sp³-hybridized carbons (Fsp3) is 1.00. The summed E-state index contributed by atoms with van der Waals surface area (Å²) in [4.78, 5) is 0. The lowest BCUT2D eigenvalue weighted by atomic mass is 10.1. The fourth-order valence-corrected chi connectivity index (χ4v) is 0.304. The number of aliphatic hydroxyl groups is 2. The van der Waals surface area contributed by atoms with Crippen molar-refractivity contribution >= 4 is 11.6 Å². The van der Waals surface area contributed by atoms with E-state index in [9.17, 15) is 0 Å². The summed E-state index contributed by atoms with van der Waals surface area (Å²) < 4.78 is 0. The van der Waals surface area contributed by atoms with Crippen LogP contribution in [0.25, 0.3) is 0 Å². The predicted molar refractivity (Wildman–Crippen MR) is 31.8 cm³/mol. The van der Waals surface area contributed by atoms with Crippen LogP contribution in [-0.4, -0.2) is 34.8 Å². The first-order chi connectivity index (χ1) is 3.68. The zero-order chi connectivity index (χ0) is 6.62. The molecule has 4 heteroatoms. The van der Waals surface area contributed by atoms with Crippen LogP contribution in [0.1, 0.15) is 0 Å². The van der Waals surface area contributed by atoms with Gasteiger partial charge < -0.3 is 15.9 Å². The highest BCUT2D eigenvalue weighted by atomic mass is 35.5. The van der Waals surface area contributed by atoms with Gasteiger partial charge in [0.2, 0.25) is 0 Å². The molecule has 0 aromatic carbocycles. The first-order valence-electron chi connectivity index (χ1n) is 2.25. The molecule has 0 aliphatic rings. The number of halogens is 1. The summed E-state index contributed by atoms with van der Waals surface area (Å²) in [5.41, 5.74) is 4.27. The van der Waals surface area contributed by atoms with Crippen LogP contribution in [0.3, 0.4) is 0 Å². The first-order valence-corrected chi connectivity index (χ1v) is 2.78. The molecule has 3 nitrogen and oxygen atoms in total. The Balaban J connectivity index is 3.58. The monoisotopic (exact) mass is 139 g/mol. The summed E-state index contributed by atoms with van der Waals surface area (Å²) in [6.45, 7) is -0.569. The predicted octanol–water partition coefficient (Wildman–Crippen LogP) is -1.09. The third-order valence-electron chi connectivity index (χ3n) is 0.896. The van der Waals surface area contributed by atoms with Gasteiger partial charge in [-0.05, 0) is 0 Å². The van der Waals surface area contributed by atoms with E-state index in [0.29, 0.717) is 0 Å². The number of alkyl halides is 1. The van der Waals surface area contributed by atoms with E-state index >= 15 is 0 Å². The molecular weight excluding hydrogens is 130 g/mol. The van der Waals surface area contributed by atoms with Crippen molar-refractivity contribution in [3.8, 4) is 0 Å². The van der Waals surface area contributed by atoms with Crippen LogP contribution < -0.4 is 5.73 Å². The summed E-state index contributed by atoms with van der Waals surface area (Å²) >= 11 is 5.26. The Hall–Kier alpha value is 0.170. The van der Waals surface area contributed by atoms with Crippen LogP contribution in [0.15, 0.2) is 0 Å². The third-order valence-corrected chi connectivity index (χ3v) is 1.43. The minimum Gasteiger partial charge on any atom is -0.394 e. The number of aliphatic hydroxyl groups excluding tert-OH is 2. The quantitative estimate of drug-likeness (QED) is 0.436. The second kappa shape index (κ2) is 3.25. The number of rotatable bonds is 3. The molecule has 0 aliphatic carbocycles. The van der Waals surface area contributed by atoms with E-state index in [0.717, 1.165) is 0 Å². The van der Waals surface area contributed by atoms with E-state index in [1.807, 2.05) is 0 Å². The second-order valence-electron chi connectivity index (χ2n) is 1.81. The van der Waals surface area contributed by atoms with Crippen LogP contribution >= 0.6 is 11.6 Å². The lowest BCUT2D eigenvalue weighted by Gasteiger charge is -2.20. The summed E-state index contributed by atoms with van der Waals surface area (Å²) in [6, 6.07) is 0. The molecule has 4 N–H and O–H groups in total. The summed E-state index contributed by atoms with van der Waals surface area (Å²) in [5.74, 6) is 0.0694. The molecule has 0 fully saturated rings. The molecule has 0 heterocycles. The maximum atomic E-state index is 8.42. The SMILES string of the molecule is NC(CO)(CO)CCl. The van der Waals surface area contributed by atoms with E-state index in [1.54, 1.807) is 0 Å². The molecule has 0 saturated carbocycles. The zero-order valence-electron chi connectivity index (χ0n) is 4.47. The fourth-order valence-electron chi connectivity index (χ4n) is 0.135. The van der Waals surface area contributed by atoms with Crippen LogP contribution in [0, 0.1) is 0 Å². The Morgan fingerprint density at radius 2 is 1.75 bits per heavy atom. The van der Waals surface area contributed by atoms with Gasteiger partial charge in [0, 0.05) is 5.88 Å². The normalized spacial score (nSPS) is 12.0. The van der Waals surface area contributed by atoms with Gasteiger partial charge in [-0.3, -0.25) is 0 Å². The largest absolute Gasteiger partial charge is 0.394 e. The summed E-state index contributed by atoms with van der Waals surface area (Å²) in [7, 11) is 0. The van der Waals surface area contributed by atoms with Gasteiger partial charge in [0.25, 0.3) is 0 Å². The molecule has 0 rings (SSSR count). The number of hydrogen-bond acceptors (Lipinski definition) is 3. The Labute approximate surface area is 53.1 Å². The van der Waals surface area contributed by atoms with Crippen molar-refractivity contribution in [1.82, 2.24) is 0 Å². The second-order valence-corrected chi connectivity index (χ2v) is 2.08. The van der Waals surface area contributed by atoms with Gasteiger partial charge >= 0.3 is 0 Å². The van der Waals surface area contributed by atoms with Crippen molar-refractivity contribution in [2.24, 2.45) is 5.73 Å². The van der Waals surface area contributed by atoms with E-state index in [2.05, 4.69) is 0 Å². The molecule has 0 saturated heterocycles. The molecule has 0 radical (unpaired) electrons. The first kappa shape index (κ1) is 8.17. The van der Waals surface area contributed by atoms with Gasteiger partial charge in [-0.2, -0.15) is 0 Å². The van der Waals surface area contributed by atoms with Crippen LogP contribution in [0.2, 0.25) is 0 Å². The van der Waals surface area contributed by atoms with Crippen molar-refractivity contribution in [3.05, 3.63) is 0 Å². The lowest BCUT2D eigenvalue weighted by molar-refractivity contribution is 0.136. The van der Waals surface area contributed by atoms with Crippen molar-refractivity contribution in [2.45, 2.75) is 5.54 Å². The van der Waals surface area contributed by atoms with E-state index in [1.165, 1.54) is 0 Å². The molecule has 0 aromatic rings. The van der Waals surface area contributed by atoms with Gasteiger partial charge in [0.15, 0.2) is 0 Å². The van der Waals surface area contributed by atoms with Crippen molar-refractivity contribution in [1.29, 1.82) is 0 Å². The van der Waals surface area contributed by atoms with Crippen LogP contribution in [0.5, 0.6) is 0 Å². The van der Waals surface area contributed by atoms with Gasteiger partial charge in [0.1, 0.15) is 0 Å². The van der Waals surface area contributed by atoms with Crippen LogP contribution in [0.4, 0.5) is 0 Å². The Morgan fingerprint density at radius 1 is 1.38 bits per heavy atom. The van der Waals surface area contributed by atoms with Gasteiger partial charge in [-0.15, -0.1) is 11.6 Å². The highest BCUT2D eigenvalue weighted by Gasteiger charge is 2.20. The maximum Gasteiger partial charge on any atom is 0.0759 e. The molecule has 0 unspecified atom stereocenters. The molecule has 0 amide bonds. The minimum atomic E-state index is -0.998. The summed E-state index contributed by atoms with van der Waals surface area (Å²) in [5, 5.41) is 16.8. The van der Waals surface area contributed by atoms with Crippen molar-refractivity contribution in [2.75, 3.05) is 19.1 Å². The third kappa shape index (κ3) is 1.96. The highest BCUT2D eigenvalue weighted by Crippen LogP contribution is 1.99. The van der Waals surface area contributed by atoms with Crippen LogP contribution in [-0.2, 0) is 0 Å². The molecule has 50 valence electrons. The molecule has 0 atom stereocenters. The van der Waals surface area contributed by atoms with Gasteiger partial charge in [0.05, 0.1) is 18.8 Å². The standard InChI is InChI=1S/C4H10ClNO2/c5-1-4(6,2-7)3-8/h7-8H,1-3,6H2. The average Bonchev–Trinajstić information content (AvgIpc) is 1.87. The molecule has 0 bridgehead atoms. The van der Waals surface area contributed by atoms with E-state index in [-0.39, 0.29) is 19.1 Å². The number of hydrogen-bond donors (Lipinski definition) is 3. The van der Waals surface area contributed by atoms with Crippen molar-refractivity contribution < 1.29 is 10.2 Å². The molecule has 0 aromatic heterocycles.